The largest absolute Gasteiger partial charge is 0.454 e. The quantitative estimate of drug-likeness (QED) is 0.812. The number of hydrogen-bond donors (Lipinski definition) is 0. The van der Waals surface area contributed by atoms with E-state index in [9.17, 15) is 4.79 Å². The van der Waals surface area contributed by atoms with E-state index in [1.807, 2.05) is 24.3 Å². The van der Waals surface area contributed by atoms with Crippen molar-refractivity contribution in [3.63, 3.8) is 0 Å². The van der Waals surface area contributed by atoms with E-state index in [-0.39, 0.29) is 12.4 Å². The minimum Gasteiger partial charge on any atom is -0.454 e. The first-order valence-corrected chi connectivity index (χ1v) is 5.49. The molecule has 4 heteroatoms. The van der Waals surface area contributed by atoms with Crippen molar-refractivity contribution in [3.05, 3.63) is 58.1 Å². The molecule has 0 aliphatic carbocycles. The predicted octanol–water partition coefficient (Wildman–Crippen LogP) is 2.54. The minimum absolute atomic E-state index is 0.260. The Morgan fingerprint density at radius 3 is 2.78 bits per heavy atom. The van der Waals surface area contributed by atoms with Crippen LogP contribution in [0.5, 0.6) is 11.5 Å². The summed E-state index contributed by atoms with van der Waals surface area (Å²) in [5, 5.41) is 0. The summed E-state index contributed by atoms with van der Waals surface area (Å²) >= 11 is 0. The first-order chi connectivity index (χ1) is 8.81. The van der Waals surface area contributed by atoms with E-state index in [1.54, 1.807) is 18.2 Å². The number of hydrogen-bond acceptors (Lipinski definition) is 4. The van der Waals surface area contributed by atoms with Crippen LogP contribution in [0.15, 0.2) is 45.6 Å². The average Bonchev–Trinajstić information content (AvgIpc) is 2.84. The molecule has 0 saturated heterocycles. The van der Waals surface area contributed by atoms with Gasteiger partial charge in [0.05, 0.1) is 0 Å². The molecule has 90 valence electrons. The molecule has 2 heterocycles. The molecule has 1 aromatic carbocycles. The number of fused-ring (bicyclic) bond motifs is 1. The minimum atomic E-state index is -0.358. The molecule has 0 N–H and O–H groups in total. The second-order valence-corrected chi connectivity index (χ2v) is 3.80. The summed E-state index contributed by atoms with van der Waals surface area (Å²) in [4.78, 5) is 11.0. The Morgan fingerprint density at radius 1 is 1.00 bits per heavy atom. The lowest BCUT2D eigenvalue weighted by Crippen LogP contribution is -1.94. The molecule has 1 aliphatic rings. The van der Waals surface area contributed by atoms with Gasteiger partial charge in [-0.3, -0.25) is 0 Å². The Kier molecular flexibility index (Phi) is 2.61. The highest BCUT2D eigenvalue weighted by Crippen LogP contribution is 2.32. The zero-order valence-electron chi connectivity index (χ0n) is 9.46. The lowest BCUT2D eigenvalue weighted by atomic mass is 10.2. The molecule has 0 unspecified atom stereocenters. The topological polar surface area (TPSA) is 48.7 Å². The summed E-state index contributed by atoms with van der Waals surface area (Å²) in [6.07, 6.45) is 3.58. The van der Waals surface area contributed by atoms with Crippen molar-refractivity contribution in [2.24, 2.45) is 0 Å². The molecule has 1 aliphatic heterocycles. The van der Waals surface area contributed by atoms with E-state index in [0.29, 0.717) is 5.76 Å². The first-order valence-electron chi connectivity index (χ1n) is 5.49. The Balaban J connectivity index is 1.86. The third-order valence-electron chi connectivity index (χ3n) is 2.55. The van der Waals surface area contributed by atoms with Crippen LogP contribution in [0.3, 0.4) is 0 Å². The number of benzene rings is 1. The van der Waals surface area contributed by atoms with Crippen molar-refractivity contribution in [1.29, 1.82) is 0 Å². The van der Waals surface area contributed by atoms with Gasteiger partial charge in [0.2, 0.25) is 6.79 Å². The van der Waals surface area contributed by atoms with Gasteiger partial charge in [-0.25, -0.2) is 4.79 Å². The Bertz CT molecular complexity index is 655. The van der Waals surface area contributed by atoms with E-state index < -0.39 is 0 Å². The van der Waals surface area contributed by atoms with Gasteiger partial charge in [-0.15, -0.1) is 0 Å². The van der Waals surface area contributed by atoms with Gasteiger partial charge in [-0.1, -0.05) is 18.2 Å². The summed E-state index contributed by atoms with van der Waals surface area (Å²) in [7, 11) is 0. The predicted molar refractivity (Wildman–Crippen MR) is 66.5 cm³/mol. The van der Waals surface area contributed by atoms with Gasteiger partial charge in [0.15, 0.2) is 11.5 Å². The summed E-state index contributed by atoms with van der Waals surface area (Å²) in [5.74, 6) is 1.99. The highest BCUT2D eigenvalue weighted by Gasteiger charge is 2.12. The molecule has 0 amide bonds. The maximum atomic E-state index is 11.0. The zero-order chi connectivity index (χ0) is 12.4. The second kappa shape index (κ2) is 4.41. The maximum Gasteiger partial charge on any atom is 0.336 e. The molecule has 0 radical (unpaired) electrons. The third-order valence-corrected chi connectivity index (χ3v) is 2.55. The van der Waals surface area contributed by atoms with Crippen molar-refractivity contribution in [1.82, 2.24) is 0 Å². The monoisotopic (exact) mass is 242 g/mol. The van der Waals surface area contributed by atoms with Crippen LogP contribution in [0.2, 0.25) is 0 Å². The van der Waals surface area contributed by atoms with Crippen molar-refractivity contribution in [2.45, 2.75) is 0 Å². The fourth-order valence-electron chi connectivity index (χ4n) is 1.69. The lowest BCUT2D eigenvalue weighted by Gasteiger charge is -1.97. The summed E-state index contributed by atoms with van der Waals surface area (Å²) in [6.45, 7) is 0.260. The van der Waals surface area contributed by atoms with Gasteiger partial charge < -0.3 is 13.9 Å². The van der Waals surface area contributed by atoms with Crippen molar-refractivity contribution in [3.8, 4) is 11.5 Å². The molecule has 3 rings (SSSR count). The van der Waals surface area contributed by atoms with Crippen LogP contribution in [-0.2, 0) is 0 Å². The fraction of sp³-hybridized carbons (Fsp3) is 0.0714. The molecule has 4 nitrogen and oxygen atoms in total. The summed E-state index contributed by atoms with van der Waals surface area (Å²) in [5.41, 5.74) is 0.591. The second-order valence-electron chi connectivity index (χ2n) is 3.80. The summed E-state index contributed by atoms with van der Waals surface area (Å²) < 4.78 is 15.5. The van der Waals surface area contributed by atoms with E-state index in [0.717, 1.165) is 17.1 Å². The average molecular weight is 242 g/mol. The van der Waals surface area contributed by atoms with Crippen LogP contribution < -0.4 is 15.1 Å². The van der Waals surface area contributed by atoms with Crippen molar-refractivity contribution >= 4 is 12.2 Å². The Morgan fingerprint density at radius 2 is 1.89 bits per heavy atom. The standard InChI is InChI=1S/C14H10O4/c15-14-3-1-2-11(18-14)6-4-10-5-7-12-13(8-10)17-9-16-12/h1-8H,9H2/b6-4+. The van der Waals surface area contributed by atoms with E-state index in [4.69, 9.17) is 13.9 Å². The van der Waals surface area contributed by atoms with Gasteiger partial charge in [-0.05, 0) is 29.8 Å². The SMILES string of the molecule is O=c1cccc(/C=C/c2ccc3c(c2)OCO3)o1. The molecule has 2 aromatic rings. The van der Waals surface area contributed by atoms with Crippen LogP contribution in [0.1, 0.15) is 11.3 Å². The lowest BCUT2D eigenvalue weighted by molar-refractivity contribution is 0.174. The van der Waals surface area contributed by atoms with Crippen LogP contribution in [0.25, 0.3) is 12.2 Å². The van der Waals surface area contributed by atoms with Crippen LogP contribution >= 0.6 is 0 Å². The van der Waals surface area contributed by atoms with Crippen molar-refractivity contribution in [2.75, 3.05) is 6.79 Å². The van der Waals surface area contributed by atoms with Gasteiger partial charge >= 0.3 is 5.63 Å². The van der Waals surface area contributed by atoms with Gasteiger partial charge in [0.1, 0.15) is 5.76 Å². The zero-order valence-corrected chi connectivity index (χ0v) is 9.46. The van der Waals surface area contributed by atoms with E-state index in [2.05, 4.69) is 0 Å². The molecule has 0 fully saturated rings. The highest BCUT2D eigenvalue weighted by atomic mass is 16.7. The normalized spacial score (nSPS) is 13.1. The maximum absolute atomic E-state index is 11.0. The number of rotatable bonds is 2. The Hall–Kier alpha value is -2.49. The summed E-state index contributed by atoms with van der Waals surface area (Å²) in [6, 6.07) is 10.4. The van der Waals surface area contributed by atoms with Gasteiger partial charge in [-0.2, -0.15) is 0 Å². The molecule has 0 spiro atoms. The smallest absolute Gasteiger partial charge is 0.336 e. The van der Waals surface area contributed by atoms with Crippen LogP contribution in [-0.4, -0.2) is 6.79 Å². The Labute approximate surface area is 103 Å². The molecular weight excluding hydrogens is 232 g/mol. The van der Waals surface area contributed by atoms with Gasteiger partial charge in [0.25, 0.3) is 0 Å². The number of ether oxygens (including phenoxy) is 2. The fourth-order valence-corrected chi connectivity index (χ4v) is 1.69. The molecular formula is C14H10O4. The molecule has 0 atom stereocenters. The molecule has 0 bridgehead atoms. The molecule has 1 aromatic heterocycles. The highest BCUT2D eigenvalue weighted by molar-refractivity contribution is 5.69. The van der Waals surface area contributed by atoms with E-state index >= 15 is 0 Å². The molecule has 18 heavy (non-hydrogen) atoms. The van der Waals surface area contributed by atoms with Crippen LogP contribution in [0.4, 0.5) is 0 Å². The molecule has 0 saturated carbocycles. The van der Waals surface area contributed by atoms with Crippen LogP contribution in [0, 0.1) is 0 Å². The first kappa shape index (κ1) is 10.7. The van der Waals surface area contributed by atoms with Crippen molar-refractivity contribution < 1.29 is 13.9 Å². The van der Waals surface area contributed by atoms with Gasteiger partial charge in [0, 0.05) is 6.07 Å². The van der Waals surface area contributed by atoms with E-state index in [1.165, 1.54) is 6.07 Å². The third kappa shape index (κ3) is 2.13.